The third kappa shape index (κ3) is 6.35. The summed E-state index contributed by atoms with van der Waals surface area (Å²) in [7, 11) is 0. The first kappa shape index (κ1) is 13.8. The Balaban J connectivity index is 2.12. The maximum atomic E-state index is 2.43. The van der Waals surface area contributed by atoms with Crippen LogP contribution in [-0.4, -0.2) is 0 Å². The number of unbranched alkanes of at least 4 members (excludes halogenated alkanes) is 1. The molecule has 1 fully saturated rings. The van der Waals surface area contributed by atoms with Crippen LogP contribution in [0.1, 0.15) is 78.1 Å². The minimum absolute atomic E-state index is 0.801. The molecule has 0 aromatic heterocycles. The second kappa shape index (κ2) is 8.84. The smallest absolute Gasteiger partial charge is 0.0262 e. The van der Waals surface area contributed by atoms with Crippen molar-refractivity contribution in [3.05, 3.63) is 12.2 Å². The molecule has 0 aromatic carbocycles. The van der Waals surface area contributed by atoms with Crippen LogP contribution in [0.15, 0.2) is 12.2 Å². The molecule has 0 spiro atoms. The van der Waals surface area contributed by atoms with Gasteiger partial charge in [0.15, 0.2) is 0 Å². The van der Waals surface area contributed by atoms with Gasteiger partial charge in [0, 0.05) is 0 Å². The molecule has 0 N–H and O–H groups in total. The van der Waals surface area contributed by atoms with Gasteiger partial charge in [0.05, 0.1) is 0 Å². The molecule has 0 aromatic rings. The molecule has 1 aliphatic rings. The summed E-state index contributed by atoms with van der Waals surface area (Å²) in [5.41, 5.74) is 0. The van der Waals surface area contributed by atoms with Gasteiger partial charge in [-0.05, 0) is 31.1 Å². The van der Waals surface area contributed by atoms with Gasteiger partial charge in [0.2, 0.25) is 0 Å². The SMILES string of the molecule is CCCC=CC(C)CCC1CCCCCC1. The van der Waals surface area contributed by atoms with Gasteiger partial charge in [-0.2, -0.15) is 0 Å². The van der Waals surface area contributed by atoms with E-state index in [0.717, 1.165) is 11.8 Å². The summed E-state index contributed by atoms with van der Waals surface area (Å²) in [6.45, 7) is 4.63. The van der Waals surface area contributed by atoms with Crippen LogP contribution in [0.2, 0.25) is 0 Å². The van der Waals surface area contributed by atoms with Crippen LogP contribution in [0.4, 0.5) is 0 Å². The maximum Gasteiger partial charge on any atom is -0.0262 e. The molecule has 94 valence electrons. The lowest BCUT2D eigenvalue weighted by Crippen LogP contribution is -2.01. The van der Waals surface area contributed by atoms with Crippen LogP contribution in [-0.2, 0) is 0 Å². The topological polar surface area (TPSA) is 0 Å². The van der Waals surface area contributed by atoms with Crippen molar-refractivity contribution in [2.24, 2.45) is 11.8 Å². The van der Waals surface area contributed by atoms with Gasteiger partial charge in [-0.15, -0.1) is 0 Å². The van der Waals surface area contributed by atoms with Crippen LogP contribution in [0.3, 0.4) is 0 Å². The fraction of sp³-hybridized carbons (Fsp3) is 0.875. The number of hydrogen-bond donors (Lipinski definition) is 0. The first-order valence-corrected chi connectivity index (χ1v) is 7.49. The Bertz CT molecular complexity index is 172. The van der Waals surface area contributed by atoms with Gasteiger partial charge < -0.3 is 0 Å². The first-order valence-electron chi connectivity index (χ1n) is 7.49. The second-order valence-corrected chi connectivity index (χ2v) is 5.63. The zero-order valence-electron chi connectivity index (χ0n) is 11.4. The summed E-state index contributed by atoms with van der Waals surface area (Å²) in [5.74, 6) is 1.85. The molecule has 1 unspecified atom stereocenters. The predicted octanol–water partition coefficient (Wildman–Crippen LogP) is 5.73. The molecular formula is C16H30. The Morgan fingerprint density at radius 3 is 2.44 bits per heavy atom. The van der Waals surface area contributed by atoms with E-state index in [-0.39, 0.29) is 0 Å². The summed E-state index contributed by atoms with van der Waals surface area (Å²) in [6, 6.07) is 0. The molecule has 0 heteroatoms. The van der Waals surface area contributed by atoms with Crippen molar-refractivity contribution in [3.8, 4) is 0 Å². The van der Waals surface area contributed by atoms with Gasteiger partial charge in [-0.25, -0.2) is 0 Å². The molecule has 1 atom stereocenters. The summed E-state index contributed by atoms with van der Waals surface area (Å²) in [6.07, 6.45) is 19.2. The third-order valence-corrected chi connectivity index (χ3v) is 3.92. The van der Waals surface area contributed by atoms with Crippen molar-refractivity contribution in [3.63, 3.8) is 0 Å². The van der Waals surface area contributed by atoms with Crippen LogP contribution >= 0.6 is 0 Å². The highest BCUT2D eigenvalue weighted by atomic mass is 14.2. The Kier molecular flexibility index (Phi) is 7.63. The van der Waals surface area contributed by atoms with Crippen molar-refractivity contribution in [2.75, 3.05) is 0 Å². The van der Waals surface area contributed by atoms with Crippen LogP contribution in [0.25, 0.3) is 0 Å². The lowest BCUT2D eigenvalue weighted by molar-refractivity contribution is 0.395. The average molecular weight is 222 g/mol. The molecule has 0 heterocycles. The van der Waals surface area contributed by atoms with E-state index in [1.165, 1.54) is 64.2 Å². The van der Waals surface area contributed by atoms with Crippen molar-refractivity contribution >= 4 is 0 Å². The monoisotopic (exact) mass is 222 g/mol. The van der Waals surface area contributed by atoms with E-state index in [1.54, 1.807) is 0 Å². The van der Waals surface area contributed by atoms with Gasteiger partial charge in [-0.1, -0.05) is 70.9 Å². The number of allylic oxidation sites excluding steroid dienone is 2. The molecule has 1 rings (SSSR count). The minimum atomic E-state index is 0.801. The second-order valence-electron chi connectivity index (χ2n) is 5.63. The van der Waals surface area contributed by atoms with Gasteiger partial charge >= 0.3 is 0 Å². The van der Waals surface area contributed by atoms with Crippen molar-refractivity contribution in [1.82, 2.24) is 0 Å². The van der Waals surface area contributed by atoms with E-state index in [0.29, 0.717) is 0 Å². The quantitative estimate of drug-likeness (QED) is 0.398. The molecule has 0 amide bonds. The van der Waals surface area contributed by atoms with Crippen molar-refractivity contribution < 1.29 is 0 Å². The summed E-state index contributed by atoms with van der Waals surface area (Å²) < 4.78 is 0. The molecular weight excluding hydrogens is 192 g/mol. The number of hydrogen-bond acceptors (Lipinski definition) is 0. The van der Waals surface area contributed by atoms with E-state index in [9.17, 15) is 0 Å². The highest BCUT2D eigenvalue weighted by Crippen LogP contribution is 2.27. The maximum absolute atomic E-state index is 2.43. The molecule has 1 aliphatic carbocycles. The first-order chi connectivity index (χ1) is 7.83. The summed E-state index contributed by atoms with van der Waals surface area (Å²) in [4.78, 5) is 0. The molecule has 0 nitrogen and oxygen atoms in total. The van der Waals surface area contributed by atoms with E-state index in [1.807, 2.05) is 0 Å². The van der Waals surface area contributed by atoms with Crippen LogP contribution in [0, 0.1) is 11.8 Å². The third-order valence-electron chi connectivity index (χ3n) is 3.92. The fourth-order valence-corrected chi connectivity index (χ4v) is 2.74. The van der Waals surface area contributed by atoms with Crippen molar-refractivity contribution in [1.29, 1.82) is 0 Å². The zero-order chi connectivity index (χ0) is 11.6. The molecule has 16 heavy (non-hydrogen) atoms. The Morgan fingerprint density at radius 1 is 1.12 bits per heavy atom. The largest absolute Gasteiger partial charge is 0.0883 e. The summed E-state index contributed by atoms with van der Waals surface area (Å²) in [5, 5.41) is 0. The van der Waals surface area contributed by atoms with Crippen LogP contribution in [0.5, 0.6) is 0 Å². The van der Waals surface area contributed by atoms with E-state index in [2.05, 4.69) is 26.0 Å². The van der Waals surface area contributed by atoms with Crippen molar-refractivity contribution in [2.45, 2.75) is 78.1 Å². The lowest BCUT2D eigenvalue weighted by Gasteiger charge is -2.15. The Morgan fingerprint density at radius 2 is 1.81 bits per heavy atom. The van der Waals surface area contributed by atoms with E-state index in [4.69, 9.17) is 0 Å². The van der Waals surface area contributed by atoms with E-state index < -0.39 is 0 Å². The van der Waals surface area contributed by atoms with Gasteiger partial charge in [0.25, 0.3) is 0 Å². The standard InChI is InChI=1S/C16H30/c1-3-4-7-10-15(2)13-14-16-11-8-5-6-9-12-16/h7,10,15-16H,3-6,8-9,11-14H2,1-2H3. The highest BCUT2D eigenvalue weighted by molar-refractivity contribution is 4.86. The minimum Gasteiger partial charge on any atom is -0.0883 e. The normalized spacial score (nSPS) is 21.1. The lowest BCUT2D eigenvalue weighted by atomic mass is 9.91. The Hall–Kier alpha value is -0.260. The molecule has 0 saturated heterocycles. The molecule has 1 saturated carbocycles. The molecule has 0 radical (unpaired) electrons. The summed E-state index contributed by atoms with van der Waals surface area (Å²) >= 11 is 0. The fourth-order valence-electron chi connectivity index (χ4n) is 2.74. The van der Waals surface area contributed by atoms with Crippen LogP contribution < -0.4 is 0 Å². The molecule has 0 bridgehead atoms. The molecule has 0 aliphatic heterocycles. The number of rotatable bonds is 6. The predicted molar refractivity (Wildman–Crippen MR) is 73.6 cm³/mol. The Labute approximate surface area is 103 Å². The zero-order valence-corrected chi connectivity index (χ0v) is 11.4. The van der Waals surface area contributed by atoms with E-state index >= 15 is 0 Å². The van der Waals surface area contributed by atoms with Gasteiger partial charge in [0.1, 0.15) is 0 Å². The highest BCUT2D eigenvalue weighted by Gasteiger charge is 2.12. The van der Waals surface area contributed by atoms with Gasteiger partial charge in [-0.3, -0.25) is 0 Å². The average Bonchev–Trinajstić information content (AvgIpc) is 2.55.